The fourth-order valence-electron chi connectivity index (χ4n) is 1.88. The summed E-state index contributed by atoms with van der Waals surface area (Å²) in [5.74, 6) is 0. The molecule has 1 aliphatic rings. The van der Waals surface area contributed by atoms with Gasteiger partial charge in [0.1, 0.15) is 0 Å². The van der Waals surface area contributed by atoms with E-state index in [0.717, 1.165) is 11.0 Å². The van der Waals surface area contributed by atoms with E-state index in [2.05, 4.69) is 57.7 Å². The van der Waals surface area contributed by atoms with E-state index in [1.165, 1.54) is 24.8 Å². The predicted molar refractivity (Wildman–Crippen MR) is 67.8 cm³/mol. The Balaban J connectivity index is 1.87. The fourth-order valence-corrected chi connectivity index (χ4v) is 2.32. The van der Waals surface area contributed by atoms with E-state index < -0.39 is 0 Å². The van der Waals surface area contributed by atoms with Gasteiger partial charge in [0.05, 0.1) is 0 Å². The molecule has 1 unspecified atom stereocenters. The SMILES string of the molecule is Brc1cccc(CNC2C=CCCC2)c1. The van der Waals surface area contributed by atoms with E-state index in [1.807, 2.05) is 0 Å². The molecule has 1 aliphatic carbocycles. The lowest BCUT2D eigenvalue weighted by Crippen LogP contribution is -2.27. The Morgan fingerprint density at radius 3 is 3.07 bits per heavy atom. The van der Waals surface area contributed by atoms with Crippen LogP contribution >= 0.6 is 15.9 Å². The lowest BCUT2D eigenvalue weighted by molar-refractivity contribution is 0.522. The van der Waals surface area contributed by atoms with Gasteiger partial charge in [0.2, 0.25) is 0 Å². The van der Waals surface area contributed by atoms with Crippen LogP contribution < -0.4 is 5.32 Å². The van der Waals surface area contributed by atoms with Crippen LogP contribution in [0, 0.1) is 0 Å². The first-order valence-electron chi connectivity index (χ1n) is 5.49. The van der Waals surface area contributed by atoms with Crippen LogP contribution in [0.3, 0.4) is 0 Å². The fraction of sp³-hybridized carbons (Fsp3) is 0.385. The third-order valence-corrected chi connectivity index (χ3v) is 3.20. The van der Waals surface area contributed by atoms with E-state index >= 15 is 0 Å². The summed E-state index contributed by atoms with van der Waals surface area (Å²) in [4.78, 5) is 0. The molecule has 1 N–H and O–H groups in total. The number of benzene rings is 1. The van der Waals surface area contributed by atoms with Crippen LogP contribution in [0.25, 0.3) is 0 Å². The molecule has 0 aliphatic heterocycles. The summed E-state index contributed by atoms with van der Waals surface area (Å²) in [6.07, 6.45) is 8.40. The van der Waals surface area contributed by atoms with Gasteiger partial charge in [-0.3, -0.25) is 0 Å². The zero-order valence-corrected chi connectivity index (χ0v) is 10.3. The Morgan fingerprint density at radius 2 is 2.33 bits per heavy atom. The van der Waals surface area contributed by atoms with Crippen molar-refractivity contribution in [2.45, 2.75) is 31.8 Å². The maximum Gasteiger partial charge on any atom is 0.0253 e. The van der Waals surface area contributed by atoms with E-state index in [1.54, 1.807) is 0 Å². The molecule has 0 radical (unpaired) electrons. The van der Waals surface area contributed by atoms with Gasteiger partial charge in [0.15, 0.2) is 0 Å². The van der Waals surface area contributed by atoms with Crippen molar-refractivity contribution in [2.24, 2.45) is 0 Å². The largest absolute Gasteiger partial charge is 0.306 e. The van der Waals surface area contributed by atoms with Crippen molar-refractivity contribution in [1.82, 2.24) is 5.32 Å². The number of rotatable bonds is 3. The summed E-state index contributed by atoms with van der Waals surface area (Å²) in [6, 6.07) is 9.03. The quantitative estimate of drug-likeness (QED) is 0.823. The van der Waals surface area contributed by atoms with Crippen molar-refractivity contribution >= 4 is 15.9 Å². The minimum absolute atomic E-state index is 0.567. The van der Waals surface area contributed by atoms with Crippen LogP contribution in [0.4, 0.5) is 0 Å². The van der Waals surface area contributed by atoms with Gasteiger partial charge >= 0.3 is 0 Å². The molecule has 0 heterocycles. The van der Waals surface area contributed by atoms with Crippen molar-refractivity contribution in [1.29, 1.82) is 0 Å². The summed E-state index contributed by atoms with van der Waals surface area (Å²) in [6.45, 7) is 0.953. The average Bonchev–Trinajstić information content (AvgIpc) is 2.28. The van der Waals surface area contributed by atoms with Crippen LogP contribution in [0.2, 0.25) is 0 Å². The number of halogens is 1. The third-order valence-electron chi connectivity index (χ3n) is 2.71. The zero-order chi connectivity index (χ0) is 10.5. The Labute approximate surface area is 99.7 Å². The van der Waals surface area contributed by atoms with E-state index in [4.69, 9.17) is 0 Å². The molecule has 0 fully saturated rings. The Kier molecular flexibility index (Phi) is 3.98. The van der Waals surface area contributed by atoms with Crippen molar-refractivity contribution in [3.63, 3.8) is 0 Å². The molecule has 80 valence electrons. The summed E-state index contributed by atoms with van der Waals surface area (Å²) in [5, 5.41) is 3.56. The molecule has 2 rings (SSSR count). The topological polar surface area (TPSA) is 12.0 Å². The van der Waals surface area contributed by atoms with Crippen molar-refractivity contribution in [3.8, 4) is 0 Å². The molecule has 0 spiro atoms. The van der Waals surface area contributed by atoms with Gasteiger partial charge in [-0.25, -0.2) is 0 Å². The van der Waals surface area contributed by atoms with Gasteiger partial charge in [-0.05, 0) is 37.0 Å². The van der Waals surface area contributed by atoms with Gasteiger partial charge in [0, 0.05) is 17.1 Å². The minimum Gasteiger partial charge on any atom is -0.306 e. The molecule has 0 saturated heterocycles. The Hall–Kier alpha value is -0.600. The van der Waals surface area contributed by atoms with Crippen LogP contribution in [-0.4, -0.2) is 6.04 Å². The van der Waals surface area contributed by atoms with Crippen LogP contribution in [0.5, 0.6) is 0 Å². The molecule has 1 aromatic carbocycles. The molecular weight excluding hydrogens is 250 g/mol. The van der Waals surface area contributed by atoms with Gasteiger partial charge in [-0.1, -0.05) is 40.2 Å². The maximum atomic E-state index is 3.56. The lowest BCUT2D eigenvalue weighted by Gasteiger charge is -2.17. The van der Waals surface area contributed by atoms with Crippen LogP contribution in [0.1, 0.15) is 24.8 Å². The first-order valence-corrected chi connectivity index (χ1v) is 6.28. The second kappa shape index (κ2) is 5.47. The highest BCUT2D eigenvalue weighted by molar-refractivity contribution is 9.10. The first kappa shape index (κ1) is 10.9. The monoisotopic (exact) mass is 265 g/mol. The lowest BCUT2D eigenvalue weighted by atomic mass is 10.0. The zero-order valence-electron chi connectivity index (χ0n) is 8.75. The van der Waals surface area contributed by atoms with Crippen LogP contribution in [0.15, 0.2) is 40.9 Å². The molecule has 0 saturated carbocycles. The van der Waals surface area contributed by atoms with Crippen molar-refractivity contribution in [2.75, 3.05) is 0 Å². The molecule has 1 aromatic rings. The van der Waals surface area contributed by atoms with E-state index in [0.29, 0.717) is 6.04 Å². The predicted octanol–water partition coefficient (Wildman–Crippen LogP) is 3.65. The smallest absolute Gasteiger partial charge is 0.0253 e. The normalized spacial score (nSPS) is 20.5. The molecular formula is C13H16BrN. The van der Waals surface area contributed by atoms with Gasteiger partial charge in [0.25, 0.3) is 0 Å². The first-order chi connectivity index (χ1) is 7.34. The number of nitrogens with one attached hydrogen (secondary N) is 1. The summed E-state index contributed by atoms with van der Waals surface area (Å²) in [7, 11) is 0. The van der Waals surface area contributed by atoms with Crippen LogP contribution in [-0.2, 0) is 6.54 Å². The standard InChI is InChI=1S/C13H16BrN/c14-12-6-4-5-11(9-12)10-15-13-7-2-1-3-8-13/h2,4-7,9,13,15H,1,3,8,10H2. The molecule has 1 nitrogen and oxygen atoms in total. The molecule has 0 amide bonds. The van der Waals surface area contributed by atoms with Crippen molar-refractivity contribution < 1.29 is 0 Å². The second-order valence-electron chi connectivity index (χ2n) is 3.98. The van der Waals surface area contributed by atoms with E-state index in [9.17, 15) is 0 Å². The third kappa shape index (κ3) is 3.47. The number of hydrogen-bond acceptors (Lipinski definition) is 1. The molecule has 0 bridgehead atoms. The molecule has 1 atom stereocenters. The van der Waals surface area contributed by atoms with Gasteiger partial charge in [-0.15, -0.1) is 0 Å². The number of allylic oxidation sites excluding steroid dienone is 1. The van der Waals surface area contributed by atoms with Gasteiger partial charge < -0.3 is 5.32 Å². The molecule has 15 heavy (non-hydrogen) atoms. The highest BCUT2D eigenvalue weighted by Crippen LogP contribution is 2.13. The van der Waals surface area contributed by atoms with Gasteiger partial charge in [-0.2, -0.15) is 0 Å². The second-order valence-corrected chi connectivity index (χ2v) is 4.89. The summed E-state index contributed by atoms with van der Waals surface area (Å²) in [5.41, 5.74) is 1.34. The highest BCUT2D eigenvalue weighted by Gasteiger charge is 2.06. The summed E-state index contributed by atoms with van der Waals surface area (Å²) >= 11 is 3.49. The maximum absolute atomic E-state index is 3.56. The van der Waals surface area contributed by atoms with E-state index in [-0.39, 0.29) is 0 Å². The average molecular weight is 266 g/mol. The van der Waals surface area contributed by atoms with Crippen molar-refractivity contribution in [3.05, 3.63) is 46.5 Å². The highest BCUT2D eigenvalue weighted by atomic mass is 79.9. The summed E-state index contributed by atoms with van der Waals surface area (Å²) < 4.78 is 1.15. The Morgan fingerprint density at radius 1 is 1.40 bits per heavy atom. The Bertz CT molecular complexity index is 346. The number of hydrogen-bond donors (Lipinski definition) is 1. The molecule has 0 aromatic heterocycles. The minimum atomic E-state index is 0.567. The molecule has 2 heteroatoms.